The van der Waals surface area contributed by atoms with Gasteiger partial charge in [0.25, 0.3) is 0 Å². The van der Waals surface area contributed by atoms with Crippen LogP contribution in [-0.2, 0) is 9.53 Å². The van der Waals surface area contributed by atoms with Gasteiger partial charge in [0.2, 0.25) is 11.1 Å². The molecule has 128 valence electrons. The van der Waals surface area contributed by atoms with E-state index in [1.807, 2.05) is 12.1 Å². The van der Waals surface area contributed by atoms with Crippen LogP contribution in [0.1, 0.15) is 12.8 Å². The summed E-state index contributed by atoms with van der Waals surface area (Å²) in [5.41, 5.74) is 0.771. The number of hydrogen-bond acceptors (Lipinski definition) is 6. The highest BCUT2D eigenvalue weighted by Crippen LogP contribution is 2.23. The first-order chi connectivity index (χ1) is 11.6. The van der Waals surface area contributed by atoms with Crippen LogP contribution in [0.3, 0.4) is 0 Å². The molecule has 0 aliphatic carbocycles. The van der Waals surface area contributed by atoms with Gasteiger partial charge < -0.3 is 15.9 Å². The number of nitrogens with two attached hydrogens (primary N) is 1. The maximum Gasteiger partial charge on any atom is 0.230 e. The van der Waals surface area contributed by atoms with Crippen LogP contribution in [0.25, 0.3) is 11.4 Å². The Kier molecular flexibility index (Phi) is 5.60. The number of thioether (sulfide) groups is 1. The maximum atomic E-state index is 11.9. The minimum atomic E-state index is -0.0807. The molecule has 3 rings (SSSR count). The Morgan fingerprint density at radius 2 is 2.38 bits per heavy atom. The van der Waals surface area contributed by atoms with E-state index < -0.39 is 0 Å². The largest absolute Gasteiger partial charge is 0.376 e. The van der Waals surface area contributed by atoms with Crippen LogP contribution in [0.15, 0.2) is 29.4 Å². The van der Waals surface area contributed by atoms with Crippen molar-refractivity contribution in [2.75, 3.05) is 24.7 Å². The second-order valence-electron chi connectivity index (χ2n) is 5.41. The summed E-state index contributed by atoms with van der Waals surface area (Å²) in [5, 5.41) is 12.0. The predicted octanol–water partition coefficient (Wildman–Crippen LogP) is 1.70. The Labute approximate surface area is 148 Å². The summed E-state index contributed by atoms with van der Waals surface area (Å²) in [5.74, 6) is 6.66. The number of nitrogen functional groups attached to an aromatic ring is 1. The number of carbonyl (C=O) groups is 1. The number of benzene rings is 1. The molecule has 7 nitrogen and oxygen atoms in total. The molecule has 1 aliphatic rings. The minimum Gasteiger partial charge on any atom is -0.376 e. The SMILES string of the molecule is Nn1c(SCC(=O)NC[C@@H]2CCCO2)nnc1-c1cccc(Cl)c1. The summed E-state index contributed by atoms with van der Waals surface area (Å²) in [4.78, 5) is 11.9. The summed E-state index contributed by atoms with van der Waals surface area (Å²) in [6.07, 6.45) is 2.18. The summed E-state index contributed by atoms with van der Waals surface area (Å²) in [6.45, 7) is 1.32. The van der Waals surface area contributed by atoms with Crippen molar-refractivity contribution in [1.29, 1.82) is 0 Å². The van der Waals surface area contributed by atoms with Gasteiger partial charge in [0.05, 0.1) is 11.9 Å². The Balaban J connectivity index is 1.55. The van der Waals surface area contributed by atoms with Gasteiger partial charge in [-0.25, -0.2) is 4.68 Å². The smallest absolute Gasteiger partial charge is 0.230 e. The standard InChI is InChI=1S/C15H18ClN5O2S/c16-11-4-1-3-10(7-11)14-19-20-15(21(14)17)24-9-13(22)18-8-12-5-2-6-23-12/h1,3-4,7,12H,2,5-6,8-9,17H2,(H,18,22)/t12-/m0/s1. The van der Waals surface area contributed by atoms with Crippen LogP contribution in [0.2, 0.25) is 5.02 Å². The molecule has 3 N–H and O–H groups in total. The normalized spacial score (nSPS) is 17.1. The van der Waals surface area contributed by atoms with Crippen LogP contribution >= 0.6 is 23.4 Å². The first kappa shape index (κ1) is 17.1. The lowest BCUT2D eigenvalue weighted by Crippen LogP contribution is -2.33. The molecular weight excluding hydrogens is 350 g/mol. The van der Waals surface area contributed by atoms with Gasteiger partial charge in [0.15, 0.2) is 5.82 Å². The lowest BCUT2D eigenvalue weighted by atomic mass is 10.2. The van der Waals surface area contributed by atoms with Gasteiger partial charge >= 0.3 is 0 Å². The molecule has 0 bridgehead atoms. The molecule has 1 aromatic carbocycles. The number of amides is 1. The minimum absolute atomic E-state index is 0.0807. The third-order valence-electron chi connectivity index (χ3n) is 3.63. The molecule has 2 heterocycles. The lowest BCUT2D eigenvalue weighted by molar-refractivity contribution is -0.119. The zero-order valence-corrected chi connectivity index (χ0v) is 14.5. The molecule has 1 aliphatic heterocycles. The van der Waals surface area contributed by atoms with Crippen LogP contribution in [-0.4, -0.2) is 45.8 Å². The van der Waals surface area contributed by atoms with Crippen LogP contribution in [0.4, 0.5) is 0 Å². The third kappa shape index (κ3) is 4.19. The van der Waals surface area contributed by atoms with Crippen molar-refractivity contribution in [3.8, 4) is 11.4 Å². The number of aromatic nitrogens is 3. The number of carbonyl (C=O) groups excluding carboxylic acids is 1. The molecule has 0 spiro atoms. The second-order valence-corrected chi connectivity index (χ2v) is 6.79. The molecule has 0 saturated carbocycles. The lowest BCUT2D eigenvalue weighted by Gasteiger charge is -2.10. The van der Waals surface area contributed by atoms with E-state index in [0.29, 0.717) is 22.5 Å². The Morgan fingerprint density at radius 3 is 3.12 bits per heavy atom. The van der Waals surface area contributed by atoms with Crippen molar-refractivity contribution < 1.29 is 9.53 Å². The van der Waals surface area contributed by atoms with Gasteiger partial charge in [0.1, 0.15) is 0 Å². The Bertz CT molecular complexity index is 718. The Hall–Kier alpha value is -1.77. The van der Waals surface area contributed by atoms with Crippen molar-refractivity contribution >= 4 is 29.3 Å². The van der Waals surface area contributed by atoms with Gasteiger partial charge in [-0.2, -0.15) is 0 Å². The second kappa shape index (κ2) is 7.87. The van der Waals surface area contributed by atoms with E-state index in [9.17, 15) is 4.79 Å². The van der Waals surface area contributed by atoms with Crippen molar-refractivity contribution in [1.82, 2.24) is 20.2 Å². The fourth-order valence-electron chi connectivity index (χ4n) is 2.41. The van der Waals surface area contributed by atoms with Gasteiger partial charge in [-0.05, 0) is 25.0 Å². The number of ether oxygens (including phenoxy) is 1. The zero-order valence-electron chi connectivity index (χ0n) is 12.9. The van der Waals surface area contributed by atoms with E-state index in [-0.39, 0.29) is 17.8 Å². The zero-order chi connectivity index (χ0) is 16.9. The van der Waals surface area contributed by atoms with Crippen molar-refractivity contribution in [2.24, 2.45) is 0 Å². The Morgan fingerprint density at radius 1 is 1.50 bits per heavy atom. The predicted molar refractivity (Wildman–Crippen MR) is 93.3 cm³/mol. The number of halogens is 1. The van der Waals surface area contributed by atoms with E-state index >= 15 is 0 Å². The molecule has 0 radical (unpaired) electrons. The van der Waals surface area contributed by atoms with E-state index in [0.717, 1.165) is 25.0 Å². The monoisotopic (exact) mass is 367 g/mol. The highest BCUT2D eigenvalue weighted by molar-refractivity contribution is 7.99. The number of hydrogen-bond donors (Lipinski definition) is 2. The van der Waals surface area contributed by atoms with Crippen molar-refractivity contribution in [3.05, 3.63) is 29.3 Å². The third-order valence-corrected chi connectivity index (χ3v) is 4.81. The van der Waals surface area contributed by atoms with Crippen molar-refractivity contribution in [3.63, 3.8) is 0 Å². The highest BCUT2D eigenvalue weighted by Gasteiger charge is 2.17. The summed E-state index contributed by atoms with van der Waals surface area (Å²) >= 11 is 7.21. The first-order valence-electron chi connectivity index (χ1n) is 7.61. The first-order valence-corrected chi connectivity index (χ1v) is 8.97. The molecule has 1 atom stereocenters. The molecular formula is C15H18ClN5O2S. The molecule has 24 heavy (non-hydrogen) atoms. The summed E-state index contributed by atoms with van der Waals surface area (Å²) < 4.78 is 6.83. The topological polar surface area (TPSA) is 95.1 Å². The van der Waals surface area contributed by atoms with Gasteiger partial charge in [0, 0.05) is 23.7 Å². The molecule has 0 unspecified atom stereocenters. The molecule has 2 aromatic rings. The van der Waals surface area contributed by atoms with E-state index in [4.69, 9.17) is 22.2 Å². The van der Waals surface area contributed by atoms with E-state index in [2.05, 4.69) is 15.5 Å². The quantitative estimate of drug-likeness (QED) is 0.596. The molecule has 1 aromatic heterocycles. The van der Waals surface area contributed by atoms with Crippen molar-refractivity contribution in [2.45, 2.75) is 24.1 Å². The molecule has 1 fully saturated rings. The fourth-order valence-corrected chi connectivity index (χ4v) is 3.29. The van der Waals surface area contributed by atoms with E-state index in [1.54, 1.807) is 12.1 Å². The van der Waals surface area contributed by atoms with E-state index in [1.165, 1.54) is 16.4 Å². The fraction of sp³-hybridized carbons (Fsp3) is 0.400. The highest BCUT2D eigenvalue weighted by atomic mass is 35.5. The van der Waals surface area contributed by atoms with Crippen LogP contribution in [0, 0.1) is 0 Å². The molecule has 1 saturated heterocycles. The van der Waals surface area contributed by atoms with Gasteiger partial charge in [-0.1, -0.05) is 35.5 Å². The summed E-state index contributed by atoms with van der Waals surface area (Å²) in [7, 11) is 0. The van der Waals surface area contributed by atoms with Crippen LogP contribution < -0.4 is 11.2 Å². The average Bonchev–Trinajstić information content (AvgIpc) is 3.21. The number of rotatable bonds is 6. The number of nitrogens with zero attached hydrogens (tertiary/aromatic N) is 3. The number of nitrogens with one attached hydrogen (secondary N) is 1. The van der Waals surface area contributed by atoms with Gasteiger partial charge in [-0.15, -0.1) is 10.2 Å². The molecule has 9 heteroatoms. The summed E-state index contributed by atoms with van der Waals surface area (Å²) in [6, 6.07) is 7.20. The van der Waals surface area contributed by atoms with Crippen LogP contribution in [0.5, 0.6) is 0 Å². The van der Waals surface area contributed by atoms with Gasteiger partial charge in [-0.3, -0.25) is 4.79 Å². The average molecular weight is 368 g/mol. The maximum absolute atomic E-state index is 11.9. The molecule has 1 amide bonds.